The average Bonchev–Trinajstić information content (AvgIpc) is 1.86. The predicted octanol–water partition coefficient (Wildman–Crippen LogP) is 4.55. The Morgan fingerprint density at radius 2 is 1.50 bits per heavy atom. The van der Waals surface area contributed by atoms with Gasteiger partial charge in [-0.25, -0.2) is 39.5 Å². The number of amides is 5. The second-order valence-corrected chi connectivity index (χ2v) is 26.6. The zero-order valence-corrected chi connectivity index (χ0v) is 53.7. The Morgan fingerprint density at radius 3 is 2.22 bits per heavy atom. The monoisotopic (exact) mass is 1350 g/mol. The molecule has 34 heteroatoms. The third kappa shape index (κ3) is 12.4. The van der Waals surface area contributed by atoms with E-state index in [0.29, 0.717) is 16.5 Å². The molecule has 0 saturated carbocycles. The molecule has 29 nitrogen and oxygen atoms in total. The summed E-state index contributed by atoms with van der Waals surface area (Å²) >= 11 is 4.75. The molecule has 10 atom stereocenters. The van der Waals surface area contributed by atoms with E-state index in [0.717, 1.165) is 56.7 Å². The molecule has 12 rings (SSSR count). The fraction of sp³-hybridized carbons (Fsp3) is 0.362. The number of benzene rings is 1. The number of aliphatic hydroxyl groups is 2. The summed E-state index contributed by atoms with van der Waals surface area (Å²) in [6, 6.07) is 1.41. The predicted molar refractivity (Wildman–Crippen MR) is 332 cm³/mol. The summed E-state index contributed by atoms with van der Waals surface area (Å²) in [6.07, 6.45) is -7.20. The van der Waals surface area contributed by atoms with Crippen LogP contribution in [0.3, 0.4) is 0 Å². The number of nitrogens with zero attached hydrogens (tertiary/aromatic N) is 7. The number of thiazole rings is 5. The van der Waals surface area contributed by atoms with E-state index in [9.17, 15) is 39.3 Å². The van der Waals surface area contributed by atoms with Crippen LogP contribution in [-0.2, 0) is 51.2 Å². The first-order chi connectivity index (χ1) is 43.9. The number of pyridine rings is 1. The molecule has 4 aliphatic rings. The molecule has 92 heavy (non-hydrogen) atoms. The lowest BCUT2D eigenvalue weighted by molar-refractivity contribution is -0.280. The molecule has 12 bridgehead atoms. The highest BCUT2D eigenvalue weighted by molar-refractivity contribution is 7.14. The van der Waals surface area contributed by atoms with Crippen LogP contribution in [-0.4, -0.2) is 173 Å². The second kappa shape index (κ2) is 25.5. The van der Waals surface area contributed by atoms with Crippen LogP contribution in [0.5, 0.6) is 5.75 Å². The van der Waals surface area contributed by atoms with E-state index >= 15 is 9.59 Å². The summed E-state index contributed by atoms with van der Waals surface area (Å²) < 4.78 is 37.8. The Hall–Kier alpha value is -8.55. The standard InChI is InChI=1S/C58H57N13O16S5/c1-21(72)37-50(78)69-38(22(2)82-7)53-65-33(20-91-53)49(77)70-42-43-44(87-35-12-58(4,81)45(71(5)6)23(3)86-35)57(80)84-13-24-9-8-10-27-36(24)26(14-83-43)40(60-27)56(79)85-15-28(61-47(75)31-19-92-55(42)66-31)52-62-29(16-89-52)39-25(51-64-32(18-88-51)48(76)68-37)11-34(73)41(67-39)54-63-30(17-90-54)46(59)74/h8-11,16-21,23,28,35,37,42-45,60,72-73,81H,12-15H2,1-7H3,(H2,59,74)(H,61,75)(H,68,76)(H,69,78)(H,70,77)/b38-22+/t21-,23+,28-,35+,37-,42+,43-,44-,45+,58+/m0/s1. The maximum atomic E-state index is 15.1. The van der Waals surface area contributed by atoms with Crippen LogP contribution in [0.1, 0.15) is 125 Å². The van der Waals surface area contributed by atoms with Gasteiger partial charge in [0.2, 0.25) is 5.91 Å². The van der Waals surface area contributed by atoms with Crippen molar-refractivity contribution >= 4 is 115 Å². The summed E-state index contributed by atoms with van der Waals surface area (Å²) in [4.78, 5) is 134. The van der Waals surface area contributed by atoms with Gasteiger partial charge in [-0.05, 0) is 59.5 Å². The van der Waals surface area contributed by atoms with Crippen molar-refractivity contribution in [3.8, 4) is 38.4 Å². The topological polar surface area (TPSA) is 406 Å². The Balaban J connectivity index is 1.04. The number of allylic oxidation sites excluding steroid dienone is 1. The third-order valence-electron chi connectivity index (χ3n) is 15.6. The number of methoxy groups -OCH3 is 1. The number of carbonyl (C=O) groups is 7. The molecule has 10 N–H and O–H groups in total. The van der Waals surface area contributed by atoms with Crippen LogP contribution in [0.2, 0.25) is 0 Å². The van der Waals surface area contributed by atoms with Gasteiger partial charge in [0.15, 0.2) is 12.4 Å². The molecule has 0 radical (unpaired) electrons. The van der Waals surface area contributed by atoms with E-state index in [1.807, 2.05) is 4.90 Å². The number of aromatic hydroxyl groups is 1. The Kier molecular flexibility index (Phi) is 17.6. The number of rotatable bonds is 7. The van der Waals surface area contributed by atoms with Gasteiger partial charge in [0.05, 0.1) is 37.6 Å². The SMILES string of the molecule is CO/C(C)=C1/NC(=O)[C@H]([C@H](C)O)NC(=O)c2csc(n2)-c2cc(O)c(-c3nc(C(N)=O)cs3)nc2-c2csc(n2)[C@@H]2COC(=O)c3[nH]c4cccc5c4c3CO[C@H]([C@H](O[C@@H]3C[C@@](C)(O)[C@H](N(C)C)[C@@H](C)O3)C(=O)OC5)[C@@H](NC(=O)c3csc1n3)c1nc(cs1)C(=O)N2. The van der Waals surface area contributed by atoms with Crippen molar-refractivity contribution in [3.05, 3.63) is 112 Å². The van der Waals surface area contributed by atoms with Crippen LogP contribution in [0.25, 0.3) is 49.3 Å². The van der Waals surface area contributed by atoms with Crippen LogP contribution < -0.4 is 27.0 Å². The number of aliphatic hydroxyl groups excluding tert-OH is 1. The molecule has 480 valence electrons. The normalized spacial score (nSPS) is 24.9. The first kappa shape index (κ1) is 63.6. The number of carbonyl (C=O) groups excluding carboxylic acids is 7. The van der Waals surface area contributed by atoms with Gasteiger partial charge in [-0.2, -0.15) is 0 Å². The Bertz CT molecular complexity index is 4300. The zero-order valence-electron chi connectivity index (χ0n) is 49.6. The molecule has 0 spiro atoms. The first-order valence-electron chi connectivity index (χ1n) is 28.2. The average molecular weight is 1350 g/mol. The molecule has 0 unspecified atom stereocenters. The highest BCUT2D eigenvalue weighted by atomic mass is 32.1. The van der Waals surface area contributed by atoms with Gasteiger partial charge in [0.25, 0.3) is 23.6 Å². The minimum absolute atomic E-state index is 0.0128. The number of nitrogens with two attached hydrogens (primary N) is 1. The van der Waals surface area contributed by atoms with Crippen molar-refractivity contribution in [3.63, 3.8) is 0 Å². The molecule has 1 saturated heterocycles. The maximum Gasteiger partial charge on any atom is 0.355 e. The molecule has 0 aliphatic carbocycles. The van der Waals surface area contributed by atoms with Crippen molar-refractivity contribution in [2.75, 3.05) is 27.8 Å². The highest BCUT2D eigenvalue weighted by Crippen LogP contribution is 2.43. The van der Waals surface area contributed by atoms with Crippen LogP contribution >= 0.6 is 56.7 Å². The number of esters is 2. The molecule has 7 aromatic heterocycles. The largest absolute Gasteiger partial charge is 0.506 e. The lowest BCUT2D eigenvalue weighted by atomic mass is 9.85. The van der Waals surface area contributed by atoms with Gasteiger partial charge in [0, 0.05) is 55.4 Å². The summed E-state index contributed by atoms with van der Waals surface area (Å²) in [7, 11) is 4.90. The number of aromatic amines is 1. The minimum atomic E-state index is -1.84. The van der Waals surface area contributed by atoms with Crippen molar-refractivity contribution < 1.29 is 77.3 Å². The smallest absolute Gasteiger partial charge is 0.355 e. The maximum absolute atomic E-state index is 15.1. The van der Waals surface area contributed by atoms with Gasteiger partial charge >= 0.3 is 11.9 Å². The number of fused-ring (bicyclic) bond motifs is 15. The van der Waals surface area contributed by atoms with Crippen molar-refractivity contribution in [1.82, 2.24) is 61.1 Å². The van der Waals surface area contributed by atoms with Gasteiger partial charge < -0.3 is 80.6 Å². The van der Waals surface area contributed by atoms with E-state index in [1.54, 1.807) is 51.5 Å². The molecular weight excluding hydrogens is 1300 g/mol. The van der Waals surface area contributed by atoms with Crippen molar-refractivity contribution in [2.24, 2.45) is 5.73 Å². The second-order valence-electron chi connectivity index (χ2n) is 22.3. The van der Waals surface area contributed by atoms with Crippen LogP contribution in [0.4, 0.5) is 0 Å². The Morgan fingerprint density at radius 1 is 0.826 bits per heavy atom. The number of primary amides is 1. The van der Waals surface area contributed by atoms with Crippen LogP contribution in [0, 0.1) is 0 Å². The molecule has 5 amide bonds. The molecule has 8 aromatic rings. The van der Waals surface area contributed by atoms with Crippen molar-refractivity contribution in [2.45, 2.75) is 108 Å². The molecular formula is C58H57N13O16S5. The van der Waals surface area contributed by atoms with Gasteiger partial charge in [-0.1, -0.05) is 12.1 Å². The van der Waals surface area contributed by atoms with Crippen LogP contribution in [0.15, 0.2) is 56.9 Å². The van der Waals surface area contributed by atoms with E-state index < -0.39 is 121 Å². The van der Waals surface area contributed by atoms with Gasteiger partial charge in [0.1, 0.15) is 125 Å². The number of nitrogens with one attached hydrogen (secondary N) is 5. The minimum Gasteiger partial charge on any atom is -0.506 e. The summed E-state index contributed by atoms with van der Waals surface area (Å²) in [5, 5.41) is 53.7. The number of hydrogen-bond donors (Lipinski definition) is 9. The lowest BCUT2D eigenvalue weighted by Crippen LogP contribution is -2.62. The molecule has 1 fully saturated rings. The van der Waals surface area contributed by atoms with E-state index in [1.165, 1.54) is 48.5 Å². The first-order valence-corrected chi connectivity index (χ1v) is 32.6. The van der Waals surface area contributed by atoms with Gasteiger partial charge in [-0.3, -0.25) is 24.0 Å². The fourth-order valence-corrected chi connectivity index (χ4v) is 15.6. The summed E-state index contributed by atoms with van der Waals surface area (Å²) in [5.41, 5.74) is 4.49. The quantitative estimate of drug-likeness (QED) is 0.0780. The van der Waals surface area contributed by atoms with E-state index in [4.69, 9.17) is 49.1 Å². The zero-order chi connectivity index (χ0) is 65.2. The number of likely N-dealkylation sites (N-methyl/N-ethyl adjacent to an activating group) is 1. The highest BCUT2D eigenvalue weighted by Gasteiger charge is 2.50. The number of H-pyrrole nitrogens is 1. The fourth-order valence-electron chi connectivity index (χ4n) is 11.4. The van der Waals surface area contributed by atoms with E-state index in [2.05, 4.69) is 41.2 Å². The number of ether oxygens (including phenoxy) is 6. The number of aromatic nitrogens is 7. The van der Waals surface area contributed by atoms with E-state index in [-0.39, 0.29) is 106 Å². The summed E-state index contributed by atoms with van der Waals surface area (Å²) in [5.74, 6) is -6.64. The Labute approximate surface area is 541 Å². The molecule has 1 aromatic carbocycles. The number of hydrogen-bond acceptors (Lipinski definition) is 28. The lowest BCUT2D eigenvalue weighted by Gasteiger charge is -2.48. The molecule has 4 aliphatic heterocycles. The molecule has 11 heterocycles. The summed E-state index contributed by atoms with van der Waals surface area (Å²) in [6.45, 7) is 4.75. The van der Waals surface area contributed by atoms with Gasteiger partial charge in [-0.15, -0.1) is 56.7 Å². The van der Waals surface area contributed by atoms with Crippen molar-refractivity contribution in [1.29, 1.82) is 0 Å². The number of cyclic esters (lactones) is 2. The third-order valence-corrected chi connectivity index (χ3v) is 20.1.